The number of halogens is 1. The van der Waals surface area contributed by atoms with Crippen molar-refractivity contribution in [3.05, 3.63) is 182 Å². The molecule has 1 N–H and O–H groups in total. The number of rotatable bonds is 32. The van der Waals surface area contributed by atoms with Crippen LogP contribution in [0.4, 0.5) is 4.39 Å². The Morgan fingerprint density at radius 3 is 1.29 bits per heavy atom. The van der Waals surface area contributed by atoms with Crippen molar-refractivity contribution in [2.24, 2.45) is 11.8 Å². The number of carbonyl (C=O) groups is 4. The van der Waals surface area contributed by atoms with Crippen molar-refractivity contribution in [2.75, 3.05) is 53.5 Å². The minimum Gasteiger partial charge on any atom is -0.352 e. The molecule has 0 atom stereocenters. The summed E-state index contributed by atoms with van der Waals surface area (Å²) in [6.45, 7) is 8.83. The summed E-state index contributed by atoms with van der Waals surface area (Å²) in [6, 6.07) is 7.11. The van der Waals surface area contributed by atoms with Gasteiger partial charge in [-0.25, -0.2) is 0 Å². The average molecular weight is 1060 g/mol. The number of carbonyl (C=O) groups excluding carboxylic acids is 4. The molecule has 2 saturated heterocycles. The Labute approximate surface area is 466 Å². The van der Waals surface area contributed by atoms with E-state index in [-0.39, 0.29) is 23.6 Å². The maximum atomic E-state index is 12.6. The number of alkyl halides is 1. The quantitative estimate of drug-likeness (QED) is 0.0576. The van der Waals surface area contributed by atoms with Gasteiger partial charge in [0.2, 0.25) is 11.8 Å². The Bertz CT molecular complexity index is 2190. The summed E-state index contributed by atoms with van der Waals surface area (Å²) in [5.74, 6) is 1.30. The van der Waals surface area contributed by atoms with Gasteiger partial charge in [0.25, 0.3) is 11.8 Å². The van der Waals surface area contributed by atoms with E-state index in [1.165, 1.54) is 0 Å². The molecule has 2 aromatic rings. The SMILES string of the molecule is CC/C=C\C/C=C\C/C=C\C/C=C\C/C=C\CCCC(=O)N1CCC(CN(C)C(=O)c2cccnc2)CC1.CC/C=C\C/C=C\C/C=C\C/C=C\C/C=C\CCCC(=O)N1CCC(CNC(=O)c2cccnc2)CC1.[2H]CF. The molecule has 2 aliphatic heterocycles. The van der Waals surface area contributed by atoms with Crippen molar-refractivity contribution in [2.45, 2.75) is 142 Å². The monoisotopic (exact) mass is 1060 g/mol. The fourth-order valence-corrected chi connectivity index (χ4v) is 8.56. The van der Waals surface area contributed by atoms with E-state index in [0.29, 0.717) is 42.3 Å². The lowest BCUT2D eigenvalue weighted by Crippen LogP contribution is -2.42. The van der Waals surface area contributed by atoms with Gasteiger partial charge in [-0.15, -0.1) is 0 Å². The lowest BCUT2D eigenvalue weighted by Gasteiger charge is -2.34. The molecule has 2 aromatic heterocycles. The van der Waals surface area contributed by atoms with Crippen LogP contribution in [0.1, 0.15) is 164 Å². The molecule has 0 spiro atoms. The third-order valence-corrected chi connectivity index (χ3v) is 13.0. The van der Waals surface area contributed by atoms with Crippen molar-refractivity contribution in [1.82, 2.24) is 30.0 Å². The summed E-state index contributed by atoms with van der Waals surface area (Å²) in [4.78, 5) is 63.6. The maximum Gasteiger partial charge on any atom is 0.255 e. The summed E-state index contributed by atoms with van der Waals surface area (Å²) < 4.78 is 15.5. The van der Waals surface area contributed by atoms with Crippen LogP contribution in [0.5, 0.6) is 0 Å². The number of hydrogen-bond acceptors (Lipinski definition) is 6. The lowest BCUT2D eigenvalue weighted by atomic mass is 9.95. The summed E-state index contributed by atoms with van der Waals surface area (Å²) >= 11 is 0. The summed E-state index contributed by atoms with van der Waals surface area (Å²) in [5.41, 5.74) is 1.21. The van der Waals surface area contributed by atoms with Crippen molar-refractivity contribution in [1.29, 1.82) is 0 Å². The minimum atomic E-state index is -1.00. The zero-order valence-electron chi connectivity index (χ0n) is 48.2. The Morgan fingerprint density at radius 2 is 0.922 bits per heavy atom. The summed E-state index contributed by atoms with van der Waals surface area (Å²) in [6.07, 6.45) is 69.3. The first-order valence-corrected chi connectivity index (χ1v) is 28.5. The number of piperidine rings is 2. The normalized spacial score (nSPS) is 15.0. The van der Waals surface area contributed by atoms with E-state index < -0.39 is 7.15 Å². The molecule has 0 unspecified atom stereocenters. The molecule has 10 nitrogen and oxygen atoms in total. The van der Waals surface area contributed by atoms with E-state index in [2.05, 4.69) is 151 Å². The molecule has 0 radical (unpaired) electrons. The number of aromatic nitrogens is 2. The van der Waals surface area contributed by atoms with Crippen LogP contribution < -0.4 is 5.32 Å². The predicted molar refractivity (Wildman–Crippen MR) is 320 cm³/mol. The number of likely N-dealkylation sites (tertiary alicyclic amines) is 2. The number of amides is 4. The van der Waals surface area contributed by atoms with Gasteiger partial charge in [-0.1, -0.05) is 135 Å². The maximum absolute atomic E-state index is 12.6. The van der Waals surface area contributed by atoms with Gasteiger partial charge in [0.1, 0.15) is 0 Å². The van der Waals surface area contributed by atoms with Crippen LogP contribution in [0.25, 0.3) is 0 Å². The molecular formula is C66H95FN6O4. The molecule has 4 heterocycles. The molecule has 77 heavy (non-hydrogen) atoms. The minimum absolute atomic E-state index is 0.00616. The average Bonchev–Trinajstić information content (AvgIpc) is 3.47. The number of unbranched alkanes of at least 4 members (excludes halogenated alkanes) is 2. The van der Waals surface area contributed by atoms with E-state index >= 15 is 0 Å². The van der Waals surface area contributed by atoms with E-state index in [1.54, 1.807) is 54.0 Å². The van der Waals surface area contributed by atoms with Crippen molar-refractivity contribution >= 4 is 23.6 Å². The molecule has 0 aromatic carbocycles. The summed E-state index contributed by atoms with van der Waals surface area (Å²) in [5, 5.41) is 3.00. The van der Waals surface area contributed by atoms with Crippen LogP contribution in [0.2, 0.25) is 0 Å². The first kappa shape index (κ1) is 64.8. The number of nitrogens with zero attached hydrogens (tertiary/aromatic N) is 5. The van der Waals surface area contributed by atoms with Gasteiger partial charge in [-0.2, -0.15) is 0 Å². The van der Waals surface area contributed by atoms with Gasteiger partial charge in [0.05, 0.1) is 19.7 Å². The molecule has 420 valence electrons. The third-order valence-electron chi connectivity index (χ3n) is 13.0. The smallest absolute Gasteiger partial charge is 0.255 e. The topological polar surface area (TPSA) is 116 Å². The van der Waals surface area contributed by atoms with E-state index in [4.69, 9.17) is 1.37 Å². The van der Waals surface area contributed by atoms with Gasteiger partial charge < -0.3 is 20.0 Å². The second-order valence-corrected chi connectivity index (χ2v) is 19.2. The highest BCUT2D eigenvalue weighted by molar-refractivity contribution is 5.94. The van der Waals surface area contributed by atoms with Crippen LogP contribution in [0.3, 0.4) is 0 Å². The summed E-state index contributed by atoms with van der Waals surface area (Å²) in [7, 11) is 0.849. The Hall–Kier alpha value is -6.49. The van der Waals surface area contributed by atoms with E-state index in [1.807, 2.05) is 16.8 Å². The first-order chi connectivity index (χ1) is 38.2. The zero-order valence-corrected chi connectivity index (χ0v) is 47.2. The molecule has 4 rings (SSSR count). The van der Waals surface area contributed by atoms with Gasteiger partial charge in [0.15, 0.2) is 0 Å². The highest BCUT2D eigenvalue weighted by atomic mass is 19.1. The predicted octanol–water partition coefficient (Wildman–Crippen LogP) is 14.9. The van der Waals surface area contributed by atoms with Crippen LogP contribution in [-0.2, 0) is 9.59 Å². The molecule has 2 fully saturated rings. The first-order valence-electron chi connectivity index (χ1n) is 29.2. The van der Waals surface area contributed by atoms with E-state index in [0.717, 1.165) is 148 Å². The number of pyridine rings is 2. The highest BCUT2D eigenvalue weighted by Crippen LogP contribution is 2.21. The fourth-order valence-electron chi connectivity index (χ4n) is 8.56. The van der Waals surface area contributed by atoms with Gasteiger partial charge in [-0.05, 0) is 152 Å². The van der Waals surface area contributed by atoms with Crippen LogP contribution in [-0.4, -0.2) is 102 Å². The molecule has 0 bridgehead atoms. The fraction of sp³-hybridized carbons (Fsp3) is 0.485. The molecule has 0 saturated carbocycles. The van der Waals surface area contributed by atoms with Crippen LogP contribution in [0, 0.1) is 11.8 Å². The molecule has 2 aliphatic rings. The molecule has 0 aliphatic carbocycles. The largest absolute Gasteiger partial charge is 0.352 e. The second-order valence-electron chi connectivity index (χ2n) is 19.2. The second kappa shape index (κ2) is 46.8. The Morgan fingerprint density at radius 1 is 0.571 bits per heavy atom. The third kappa shape index (κ3) is 34.0. The molecular weight excluding hydrogens is 960 g/mol. The number of hydrogen-bond donors (Lipinski definition) is 1. The molecule has 4 amide bonds. The van der Waals surface area contributed by atoms with Crippen molar-refractivity contribution < 1.29 is 24.9 Å². The Kier molecular flexibility index (Phi) is 39.4. The number of nitrogens with one attached hydrogen (secondary N) is 1. The van der Waals surface area contributed by atoms with Gasteiger partial charge in [0, 0.05) is 83.9 Å². The van der Waals surface area contributed by atoms with Gasteiger partial charge >= 0.3 is 0 Å². The van der Waals surface area contributed by atoms with Crippen molar-refractivity contribution in [3.8, 4) is 0 Å². The zero-order chi connectivity index (χ0) is 56.4. The lowest BCUT2D eigenvalue weighted by molar-refractivity contribution is -0.133. The van der Waals surface area contributed by atoms with Crippen molar-refractivity contribution in [3.63, 3.8) is 0 Å². The molecule has 11 heteroatoms. The van der Waals surface area contributed by atoms with Gasteiger partial charge in [-0.3, -0.25) is 33.5 Å². The van der Waals surface area contributed by atoms with Crippen LogP contribution in [0.15, 0.2) is 171 Å². The standard InChI is InChI=1S/C33H47N3O2.C32H45N3O2.CH3F/c1-3-4-5-6-7-8-9-10-11-12-13-14-15-16-17-18-19-22-32(37)36-26-23-30(24-27-36)29-35(2)33(38)31-21-20-25-34-28-31;1-2-3-4-5-6-7-8-9-10-11-12-13-14-15-16-17-18-21-31(36)35-25-22-29(23-26-35)27-34-32(37)30-20-19-24-33-28-30;1-2/h4-5,7-8,10-11,13-14,16-17,20-21,25,28,30H,3,6,9,12,15,18-19,22-24,26-27,29H2,1-2H3;3-4,6-7,9-10,12-13,15-16,19-20,24,28-29H,2,5,8,11,14,17-18,21-23,25-27H2,1H3,(H,34,37);1H3/b5-4-,8-7-,11-10-,14-13-,17-16-;4-3-,7-6-,10-9-,13-12-,16-15-;/i;;1D. The number of allylic oxidation sites excluding steroid dienone is 20. The highest BCUT2D eigenvalue weighted by Gasteiger charge is 2.25. The van der Waals surface area contributed by atoms with Crippen LogP contribution >= 0.6 is 0 Å². The van der Waals surface area contributed by atoms with E-state index in [9.17, 15) is 23.6 Å². The Balaban J connectivity index is 0.000000508.